The standard InChI is InChI=1S/C19H17F3N2O3/c1-12-5-3-7-14(9-12)17(25)24-18(26,19(20,21)22)11-16(23-24)13-6-4-8-15(10-13)27-2/h3-10,26H,11H2,1-2H3/t18-/m0/s1. The molecule has 0 aromatic heterocycles. The molecular formula is C19H17F3N2O3. The van der Waals surface area contributed by atoms with Gasteiger partial charge >= 0.3 is 6.18 Å². The number of rotatable bonds is 3. The molecule has 0 aliphatic carbocycles. The number of amides is 1. The van der Waals surface area contributed by atoms with Gasteiger partial charge in [-0.15, -0.1) is 0 Å². The predicted molar refractivity (Wildman–Crippen MR) is 92.5 cm³/mol. The molecule has 1 heterocycles. The molecule has 8 heteroatoms. The van der Waals surface area contributed by atoms with E-state index in [1.54, 1.807) is 37.3 Å². The SMILES string of the molecule is COc1cccc(C2=NN(C(=O)c3cccc(C)c3)[C@@](O)(C(F)(F)F)C2)c1. The van der Waals surface area contributed by atoms with Crippen LogP contribution in [0.15, 0.2) is 53.6 Å². The maximum atomic E-state index is 13.6. The van der Waals surface area contributed by atoms with Gasteiger partial charge in [-0.3, -0.25) is 4.79 Å². The summed E-state index contributed by atoms with van der Waals surface area (Å²) in [5.74, 6) is -0.606. The Hall–Kier alpha value is -2.87. The third-order valence-electron chi connectivity index (χ3n) is 4.30. The summed E-state index contributed by atoms with van der Waals surface area (Å²) in [5, 5.41) is 14.3. The van der Waals surface area contributed by atoms with E-state index in [0.717, 1.165) is 0 Å². The van der Waals surface area contributed by atoms with Crippen LogP contribution >= 0.6 is 0 Å². The topological polar surface area (TPSA) is 62.1 Å². The quantitative estimate of drug-likeness (QED) is 0.889. The zero-order valence-electron chi connectivity index (χ0n) is 14.6. The highest BCUT2D eigenvalue weighted by Gasteiger charge is 2.63. The largest absolute Gasteiger partial charge is 0.497 e. The molecule has 0 saturated heterocycles. The lowest BCUT2D eigenvalue weighted by atomic mass is 10.00. The van der Waals surface area contributed by atoms with Gasteiger partial charge < -0.3 is 9.84 Å². The minimum Gasteiger partial charge on any atom is -0.497 e. The van der Waals surface area contributed by atoms with Crippen LogP contribution in [0.25, 0.3) is 0 Å². The van der Waals surface area contributed by atoms with Gasteiger partial charge in [0.05, 0.1) is 19.2 Å². The van der Waals surface area contributed by atoms with E-state index in [-0.39, 0.29) is 16.3 Å². The predicted octanol–water partition coefficient (Wildman–Crippen LogP) is 3.50. The molecule has 0 saturated carbocycles. The first kappa shape index (κ1) is 18.9. The van der Waals surface area contributed by atoms with Gasteiger partial charge in [0.1, 0.15) is 5.75 Å². The summed E-state index contributed by atoms with van der Waals surface area (Å²) in [4.78, 5) is 12.7. The van der Waals surface area contributed by atoms with Crippen molar-refractivity contribution in [1.82, 2.24) is 5.01 Å². The van der Waals surface area contributed by atoms with Crippen molar-refractivity contribution in [3.63, 3.8) is 0 Å². The summed E-state index contributed by atoms with van der Waals surface area (Å²) < 4.78 is 46.0. The molecule has 5 nitrogen and oxygen atoms in total. The fourth-order valence-electron chi connectivity index (χ4n) is 2.84. The zero-order valence-corrected chi connectivity index (χ0v) is 14.6. The van der Waals surface area contributed by atoms with E-state index < -0.39 is 24.2 Å². The van der Waals surface area contributed by atoms with Crippen LogP contribution < -0.4 is 4.74 Å². The second-order valence-electron chi connectivity index (χ2n) is 6.26. The van der Waals surface area contributed by atoms with E-state index >= 15 is 0 Å². The van der Waals surface area contributed by atoms with E-state index in [1.165, 1.54) is 25.3 Å². The summed E-state index contributed by atoms with van der Waals surface area (Å²) in [6.07, 6.45) is -5.96. The Morgan fingerprint density at radius 3 is 2.56 bits per heavy atom. The number of aliphatic hydroxyl groups is 1. The molecular weight excluding hydrogens is 361 g/mol. The van der Waals surface area contributed by atoms with E-state index in [4.69, 9.17) is 4.74 Å². The molecule has 1 N–H and O–H groups in total. The van der Waals surface area contributed by atoms with Crippen molar-refractivity contribution in [3.05, 3.63) is 65.2 Å². The summed E-state index contributed by atoms with van der Waals surface area (Å²) in [5.41, 5.74) is -2.45. The third kappa shape index (κ3) is 3.40. The number of carbonyl (C=O) groups excluding carboxylic acids is 1. The molecule has 142 valence electrons. The third-order valence-corrected chi connectivity index (χ3v) is 4.30. The van der Waals surface area contributed by atoms with Gasteiger partial charge in [-0.1, -0.05) is 29.8 Å². The number of hydrogen-bond donors (Lipinski definition) is 1. The van der Waals surface area contributed by atoms with Crippen LogP contribution in [0.1, 0.15) is 27.9 Å². The molecule has 0 radical (unpaired) electrons. The van der Waals surface area contributed by atoms with Crippen LogP contribution in [0.2, 0.25) is 0 Å². The van der Waals surface area contributed by atoms with E-state index in [0.29, 0.717) is 16.9 Å². The smallest absolute Gasteiger partial charge is 0.438 e. The van der Waals surface area contributed by atoms with E-state index in [1.807, 2.05) is 0 Å². The first-order chi connectivity index (χ1) is 12.7. The Kier molecular flexibility index (Phi) is 4.69. The van der Waals surface area contributed by atoms with Crippen LogP contribution in [-0.2, 0) is 0 Å². The van der Waals surface area contributed by atoms with E-state index in [9.17, 15) is 23.1 Å². The van der Waals surface area contributed by atoms with Crippen molar-refractivity contribution in [2.75, 3.05) is 7.11 Å². The average molecular weight is 378 g/mol. The monoisotopic (exact) mass is 378 g/mol. The maximum Gasteiger partial charge on any atom is 0.438 e. The van der Waals surface area contributed by atoms with Gasteiger partial charge in [0, 0.05) is 11.1 Å². The number of methoxy groups -OCH3 is 1. The van der Waals surface area contributed by atoms with Crippen LogP contribution in [0, 0.1) is 6.92 Å². The first-order valence-corrected chi connectivity index (χ1v) is 8.08. The number of ether oxygens (including phenoxy) is 1. The number of hydrogen-bond acceptors (Lipinski definition) is 4. The lowest BCUT2D eigenvalue weighted by Crippen LogP contribution is -2.56. The first-order valence-electron chi connectivity index (χ1n) is 8.08. The molecule has 1 atom stereocenters. The fourth-order valence-corrected chi connectivity index (χ4v) is 2.84. The van der Waals surface area contributed by atoms with Gasteiger partial charge in [-0.25, -0.2) is 0 Å². The molecule has 3 rings (SSSR count). The van der Waals surface area contributed by atoms with Gasteiger partial charge in [-0.05, 0) is 31.2 Å². The summed E-state index contributed by atoms with van der Waals surface area (Å²) in [6, 6.07) is 12.3. The van der Waals surface area contributed by atoms with Crippen molar-refractivity contribution >= 4 is 11.6 Å². The van der Waals surface area contributed by atoms with Crippen molar-refractivity contribution in [2.24, 2.45) is 5.10 Å². The van der Waals surface area contributed by atoms with Crippen LogP contribution in [0.3, 0.4) is 0 Å². The Balaban J connectivity index is 2.06. The molecule has 27 heavy (non-hydrogen) atoms. The van der Waals surface area contributed by atoms with Crippen molar-refractivity contribution in [2.45, 2.75) is 25.2 Å². The lowest BCUT2D eigenvalue weighted by Gasteiger charge is -2.32. The highest BCUT2D eigenvalue weighted by atomic mass is 19.4. The van der Waals surface area contributed by atoms with Crippen LogP contribution in [-0.4, -0.2) is 40.7 Å². The number of alkyl halides is 3. The molecule has 0 bridgehead atoms. The molecule has 1 amide bonds. The number of benzene rings is 2. The van der Waals surface area contributed by atoms with Crippen LogP contribution in [0.4, 0.5) is 13.2 Å². The lowest BCUT2D eigenvalue weighted by molar-refractivity contribution is -0.297. The highest BCUT2D eigenvalue weighted by molar-refractivity contribution is 6.05. The normalized spacial score (nSPS) is 19.8. The highest BCUT2D eigenvalue weighted by Crippen LogP contribution is 2.42. The fraction of sp³-hybridized carbons (Fsp3) is 0.263. The second kappa shape index (κ2) is 6.70. The van der Waals surface area contributed by atoms with Gasteiger partial charge in [-0.2, -0.15) is 23.3 Å². The average Bonchev–Trinajstić information content (AvgIpc) is 3.00. The summed E-state index contributed by atoms with van der Waals surface area (Å²) >= 11 is 0. The number of hydrazone groups is 1. The van der Waals surface area contributed by atoms with Crippen LogP contribution in [0.5, 0.6) is 5.75 Å². The number of halogens is 3. The van der Waals surface area contributed by atoms with Crippen molar-refractivity contribution in [3.8, 4) is 5.75 Å². The second-order valence-corrected chi connectivity index (χ2v) is 6.26. The zero-order chi connectivity index (χ0) is 19.8. The Morgan fingerprint density at radius 2 is 1.93 bits per heavy atom. The molecule has 0 unspecified atom stereocenters. The number of aryl methyl sites for hydroxylation is 1. The minimum atomic E-state index is -5.09. The van der Waals surface area contributed by atoms with Crippen molar-refractivity contribution < 1.29 is 27.8 Å². The summed E-state index contributed by atoms with van der Waals surface area (Å²) in [6.45, 7) is 1.71. The van der Waals surface area contributed by atoms with Gasteiger partial charge in [0.2, 0.25) is 0 Å². The van der Waals surface area contributed by atoms with Crippen molar-refractivity contribution in [1.29, 1.82) is 0 Å². The molecule has 0 fully saturated rings. The Labute approximate surface area is 153 Å². The van der Waals surface area contributed by atoms with E-state index in [2.05, 4.69) is 5.10 Å². The Bertz CT molecular complexity index is 911. The number of nitrogens with zero attached hydrogens (tertiary/aromatic N) is 2. The maximum absolute atomic E-state index is 13.6. The molecule has 0 spiro atoms. The van der Waals surface area contributed by atoms with Gasteiger partial charge in [0.15, 0.2) is 0 Å². The summed E-state index contributed by atoms with van der Waals surface area (Å²) in [7, 11) is 1.43. The minimum absolute atomic E-state index is 0.00770. The van der Waals surface area contributed by atoms with Gasteiger partial charge in [0.25, 0.3) is 11.6 Å². The molecule has 1 aliphatic heterocycles. The Morgan fingerprint density at radius 1 is 1.22 bits per heavy atom. The molecule has 2 aromatic rings. The molecule has 1 aliphatic rings. The number of carbonyl (C=O) groups is 1. The molecule has 2 aromatic carbocycles.